The largest absolute Gasteiger partial charge is 0.478 e. The van der Waals surface area contributed by atoms with Gasteiger partial charge in [-0.05, 0) is 31.2 Å². The summed E-state index contributed by atoms with van der Waals surface area (Å²) >= 11 is 3.64. The molecule has 26 heavy (non-hydrogen) atoms. The van der Waals surface area contributed by atoms with Crippen LogP contribution in [0.15, 0.2) is 36.5 Å². The molecule has 7 nitrogen and oxygen atoms in total. The third kappa shape index (κ3) is 5.03. The van der Waals surface area contributed by atoms with Crippen LogP contribution in [0.3, 0.4) is 0 Å². The lowest BCUT2D eigenvalue weighted by Gasteiger charge is -2.34. The Hall–Kier alpha value is -2.45. The zero-order valence-corrected chi connectivity index (χ0v) is 15.1. The first kappa shape index (κ1) is 19.9. The summed E-state index contributed by atoms with van der Waals surface area (Å²) in [6, 6.07) is 7.35. The molecule has 1 aliphatic rings. The molecule has 2 aromatic rings. The fourth-order valence-corrected chi connectivity index (χ4v) is 2.60. The third-order valence-electron chi connectivity index (χ3n) is 3.85. The Morgan fingerprint density at radius 3 is 2.46 bits per heavy atom. The lowest BCUT2D eigenvalue weighted by Crippen LogP contribution is -2.49. The highest BCUT2D eigenvalue weighted by molar-refractivity contribution is 6.04. The van der Waals surface area contributed by atoms with Gasteiger partial charge in [0.2, 0.25) is 11.8 Å². The minimum atomic E-state index is -0.345. The Balaban J connectivity index is 0.00000117. The van der Waals surface area contributed by atoms with Gasteiger partial charge in [-0.25, -0.2) is 9.37 Å². The maximum absolute atomic E-state index is 13.0. The first-order chi connectivity index (χ1) is 12.7. The Morgan fingerprint density at radius 2 is 1.85 bits per heavy atom. The minimum absolute atomic E-state index is 0.0846. The normalized spacial score (nSPS) is 13.7. The highest BCUT2D eigenvalue weighted by atomic mass is 35.5. The minimum Gasteiger partial charge on any atom is -0.478 e. The average molecular weight is 383 g/mol. The number of nitrogens with zero attached hydrogens (tertiary/aromatic N) is 4. The quantitative estimate of drug-likeness (QED) is 0.872. The highest BCUT2D eigenvalue weighted by Gasteiger charge is 2.23. The maximum Gasteiger partial charge on any atom is 0.253 e. The summed E-state index contributed by atoms with van der Waals surface area (Å²) in [5.41, 5.74) is 0.499. The van der Waals surface area contributed by atoms with Crippen LogP contribution in [0.25, 0.3) is 0 Å². The average Bonchev–Trinajstić information content (AvgIpc) is 2.70. The number of ether oxygens (including phenoxy) is 1. The number of benzene rings is 1. The van der Waals surface area contributed by atoms with Crippen molar-refractivity contribution in [3.8, 4) is 5.88 Å². The van der Waals surface area contributed by atoms with Crippen LogP contribution in [-0.2, 0) is 0 Å². The van der Waals surface area contributed by atoms with Gasteiger partial charge in [0, 0.05) is 44.0 Å². The van der Waals surface area contributed by atoms with Crippen molar-refractivity contribution >= 4 is 23.7 Å². The van der Waals surface area contributed by atoms with Crippen LogP contribution in [0, 0.1) is 5.82 Å². The number of hydrogen-bond donors (Lipinski definition) is 1. The van der Waals surface area contributed by atoms with Crippen LogP contribution in [0.5, 0.6) is 5.88 Å². The van der Waals surface area contributed by atoms with Gasteiger partial charge in [-0.3, -0.25) is 9.45 Å². The molecule has 0 atom stereocenters. The van der Waals surface area contributed by atoms with Crippen molar-refractivity contribution < 1.29 is 18.6 Å². The van der Waals surface area contributed by atoms with Crippen molar-refractivity contribution in [3.05, 3.63) is 47.9 Å². The van der Waals surface area contributed by atoms with Gasteiger partial charge >= 0.3 is 0 Å². The second-order valence-corrected chi connectivity index (χ2v) is 5.41. The number of carbonyl (C=O) groups excluding carboxylic acids is 1. The standard InChI is InChI=1S/C17H19FN4O2.ClHO/c1-2-24-15-7-8-19-17(20-15)22-11-9-21(10-12-22)16(23)13-3-5-14(18)6-4-13;1-2/h3-8H,2,9-12H2,1H3;2H. The van der Waals surface area contributed by atoms with E-state index < -0.39 is 0 Å². The molecule has 0 unspecified atom stereocenters. The van der Waals surface area contributed by atoms with E-state index in [4.69, 9.17) is 9.40 Å². The van der Waals surface area contributed by atoms with Gasteiger partial charge in [0.15, 0.2) is 0 Å². The number of rotatable bonds is 4. The van der Waals surface area contributed by atoms with Crippen LogP contribution in [0.2, 0.25) is 0 Å². The highest BCUT2D eigenvalue weighted by Crippen LogP contribution is 2.16. The van der Waals surface area contributed by atoms with E-state index in [1.807, 2.05) is 11.8 Å². The van der Waals surface area contributed by atoms with Crippen molar-refractivity contribution in [2.45, 2.75) is 6.92 Å². The number of anilines is 1. The molecular weight excluding hydrogens is 363 g/mol. The smallest absolute Gasteiger partial charge is 0.253 e. The van der Waals surface area contributed by atoms with Crippen LogP contribution in [-0.4, -0.2) is 58.2 Å². The zero-order chi connectivity index (χ0) is 18.9. The summed E-state index contributed by atoms with van der Waals surface area (Å²) in [5.74, 6) is 0.725. The maximum atomic E-state index is 13.0. The number of hydrogen-bond acceptors (Lipinski definition) is 6. The van der Waals surface area contributed by atoms with Gasteiger partial charge in [0.05, 0.1) is 18.5 Å². The van der Waals surface area contributed by atoms with Gasteiger partial charge in [0.25, 0.3) is 5.91 Å². The predicted octanol–water partition coefficient (Wildman–Crippen LogP) is 2.11. The molecule has 140 valence electrons. The Kier molecular flexibility index (Phi) is 7.55. The second-order valence-electron chi connectivity index (χ2n) is 5.41. The molecule has 0 radical (unpaired) electrons. The van der Waals surface area contributed by atoms with Crippen LogP contribution in [0.4, 0.5) is 10.3 Å². The summed E-state index contributed by atoms with van der Waals surface area (Å²) in [7, 11) is 0. The molecular formula is C17H20ClFN4O3. The lowest BCUT2D eigenvalue weighted by molar-refractivity contribution is 0.0746. The number of carbonyl (C=O) groups is 1. The van der Waals surface area contributed by atoms with Crippen LogP contribution >= 0.6 is 11.9 Å². The number of piperazine rings is 1. The van der Waals surface area contributed by atoms with Crippen molar-refractivity contribution in [3.63, 3.8) is 0 Å². The molecule has 3 rings (SSSR count). The molecule has 1 aliphatic heterocycles. The van der Waals surface area contributed by atoms with Crippen LogP contribution in [0.1, 0.15) is 17.3 Å². The molecule has 1 saturated heterocycles. The molecule has 1 N–H and O–H groups in total. The van der Waals surface area contributed by atoms with E-state index in [1.54, 1.807) is 17.2 Å². The van der Waals surface area contributed by atoms with Crippen molar-refractivity contribution in [2.24, 2.45) is 0 Å². The number of halogens is 2. The number of aromatic nitrogens is 2. The number of amides is 1. The third-order valence-corrected chi connectivity index (χ3v) is 3.85. The molecule has 9 heteroatoms. The topological polar surface area (TPSA) is 78.8 Å². The molecule has 0 saturated carbocycles. The van der Waals surface area contributed by atoms with E-state index >= 15 is 0 Å². The summed E-state index contributed by atoms with van der Waals surface area (Å²) in [6.45, 7) is 4.87. The van der Waals surface area contributed by atoms with E-state index in [0.29, 0.717) is 50.2 Å². The molecule has 1 aromatic heterocycles. The molecule has 2 heterocycles. The lowest BCUT2D eigenvalue weighted by atomic mass is 10.2. The van der Waals surface area contributed by atoms with E-state index in [-0.39, 0.29) is 11.7 Å². The van der Waals surface area contributed by atoms with Crippen molar-refractivity contribution in [1.82, 2.24) is 14.9 Å². The molecule has 0 spiro atoms. The monoisotopic (exact) mass is 382 g/mol. The zero-order valence-electron chi connectivity index (χ0n) is 14.3. The Labute approximate surface area is 156 Å². The van der Waals surface area contributed by atoms with Gasteiger partial charge in [0.1, 0.15) is 5.82 Å². The van der Waals surface area contributed by atoms with E-state index in [0.717, 1.165) is 0 Å². The van der Waals surface area contributed by atoms with Gasteiger partial charge in [-0.2, -0.15) is 4.98 Å². The molecule has 0 aliphatic carbocycles. The first-order valence-electron chi connectivity index (χ1n) is 8.10. The SMILES string of the molecule is CCOc1ccnc(N2CCN(C(=O)c3ccc(F)cc3)CC2)n1.OCl. The van der Waals surface area contributed by atoms with Gasteiger partial charge in [-0.15, -0.1) is 0 Å². The molecule has 1 fully saturated rings. The van der Waals surface area contributed by atoms with E-state index in [9.17, 15) is 9.18 Å². The van der Waals surface area contributed by atoms with Crippen LogP contribution < -0.4 is 9.64 Å². The van der Waals surface area contributed by atoms with E-state index in [1.165, 1.54) is 24.3 Å². The fraction of sp³-hybridized carbons (Fsp3) is 0.353. The van der Waals surface area contributed by atoms with Crippen molar-refractivity contribution in [2.75, 3.05) is 37.7 Å². The Bertz CT molecular complexity index is 709. The summed E-state index contributed by atoms with van der Waals surface area (Å²) < 4.78 is 24.8. The fourth-order valence-electron chi connectivity index (χ4n) is 2.60. The Morgan fingerprint density at radius 1 is 1.19 bits per heavy atom. The summed E-state index contributed by atoms with van der Waals surface area (Å²) in [6.07, 6.45) is 1.67. The molecule has 1 aromatic carbocycles. The van der Waals surface area contributed by atoms with Crippen molar-refractivity contribution in [1.29, 1.82) is 0 Å². The second kappa shape index (κ2) is 9.88. The first-order valence-corrected chi connectivity index (χ1v) is 8.43. The van der Waals surface area contributed by atoms with E-state index in [2.05, 4.69) is 21.8 Å². The summed E-state index contributed by atoms with van der Waals surface area (Å²) in [4.78, 5) is 24.9. The van der Waals surface area contributed by atoms with Gasteiger partial charge in [-0.1, -0.05) is 0 Å². The summed E-state index contributed by atoms with van der Waals surface area (Å²) in [5, 5.41) is 0. The molecule has 1 amide bonds. The molecule has 0 bridgehead atoms. The van der Waals surface area contributed by atoms with Gasteiger partial charge < -0.3 is 14.5 Å². The predicted molar refractivity (Wildman–Crippen MR) is 95.8 cm³/mol.